The predicted molar refractivity (Wildman–Crippen MR) is 87.4 cm³/mol. The number of ether oxygens (including phenoxy) is 1. The predicted octanol–water partition coefficient (Wildman–Crippen LogP) is 3.42. The second-order valence-corrected chi connectivity index (χ2v) is 5.63. The van der Waals surface area contributed by atoms with Crippen molar-refractivity contribution in [2.75, 3.05) is 26.3 Å². The van der Waals surface area contributed by atoms with Crippen LogP contribution in [-0.4, -0.2) is 37.4 Å². The zero-order valence-electron chi connectivity index (χ0n) is 13.9. The van der Waals surface area contributed by atoms with Crippen LogP contribution in [0.1, 0.15) is 77.6 Å². The van der Waals surface area contributed by atoms with Crippen molar-refractivity contribution in [1.82, 2.24) is 5.32 Å². The Morgan fingerprint density at radius 1 is 0.905 bits per heavy atom. The number of hydrogen-bond donors (Lipinski definition) is 2. The summed E-state index contributed by atoms with van der Waals surface area (Å²) < 4.78 is 5.17. The monoisotopic (exact) mass is 301 g/mol. The van der Waals surface area contributed by atoms with E-state index < -0.39 is 0 Å². The van der Waals surface area contributed by atoms with Gasteiger partial charge in [-0.15, -0.1) is 0 Å². The molecule has 4 nitrogen and oxygen atoms in total. The fraction of sp³-hybridized carbons (Fsp3) is 0.941. The molecule has 0 amide bonds. The van der Waals surface area contributed by atoms with Crippen LogP contribution in [0.25, 0.3) is 0 Å². The summed E-state index contributed by atoms with van der Waals surface area (Å²) in [5.41, 5.74) is 0. The maximum atomic E-state index is 11.4. The topological polar surface area (TPSA) is 58.6 Å². The Kier molecular flexibility index (Phi) is 16.9. The number of aliphatic hydroxyl groups excluding tert-OH is 1. The molecule has 0 spiro atoms. The van der Waals surface area contributed by atoms with Gasteiger partial charge in [-0.1, -0.05) is 45.4 Å². The molecule has 0 aliphatic rings. The highest BCUT2D eigenvalue weighted by molar-refractivity contribution is 5.69. The van der Waals surface area contributed by atoms with Gasteiger partial charge in [0.1, 0.15) is 0 Å². The summed E-state index contributed by atoms with van der Waals surface area (Å²) in [4.78, 5) is 11.4. The zero-order chi connectivity index (χ0) is 15.6. The van der Waals surface area contributed by atoms with Crippen molar-refractivity contribution < 1.29 is 14.6 Å². The van der Waals surface area contributed by atoms with Crippen LogP contribution in [0.4, 0.5) is 0 Å². The van der Waals surface area contributed by atoms with Crippen LogP contribution in [0, 0.1) is 0 Å². The van der Waals surface area contributed by atoms with Crippen LogP contribution in [0.5, 0.6) is 0 Å². The van der Waals surface area contributed by atoms with E-state index in [0.717, 1.165) is 51.6 Å². The van der Waals surface area contributed by atoms with Gasteiger partial charge in [-0.3, -0.25) is 4.79 Å². The second-order valence-electron chi connectivity index (χ2n) is 5.63. The second kappa shape index (κ2) is 17.4. The fourth-order valence-corrected chi connectivity index (χ4v) is 2.17. The molecular formula is C17H35NO3. The van der Waals surface area contributed by atoms with Gasteiger partial charge < -0.3 is 15.2 Å². The summed E-state index contributed by atoms with van der Waals surface area (Å²) in [6.45, 7) is 4.97. The number of unbranched alkanes of at least 4 members (excludes halogenated alkanes) is 7. The minimum absolute atomic E-state index is 0.0285. The van der Waals surface area contributed by atoms with Gasteiger partial charge in [0.2, 0.25) is 0 Å². The summed E-state index contributed by atoms with van der Waals surface area (Å²) >= 11 is 0. The van der Waals surface area contributed by atoms with E-state index in [2.05, 4.69) is 12.2 Å². The highest BCUT2D eigenvalue weighted by Crippen LogP contribution is 2.08. The lowest BCUT2D eigenvalue weighted by molar-refractivity contribution is -0.143. The SMILES string of the molecule is CCCCCOC(=O)CCCCCCCCNCCCO. The standard InChI is InChI=1S/C17H35NO3/c1-2-3-10-16-21-17(20)12-8-6-4-5-7-9-13-18-14-11-15-19/h18-19H,2-16H2,1H3. The first kappa shape index (κ1) is 20.4. The first-order valence-corrected chi connectivity index (χ1v) is 8.78. The van der Waals surface area contributed by atoms with E-state index in [4.69, 9.17) is 9.84 Å². The molecule has 2 N–H and O–H groups in total. The maximum absolute atomic E-state index is 11.4. The Hall–Kier alpha value is -0.610. The van der Waals surface area contributed by atoms with Crippen molar-refractivity contribution in [3.63, 3.8) is 0 Å². The van der Waals surface area contributed by atoms with E-state index in [1.54, 1.807) is 0 Å². The number of aliphatic hydroxyl groups is 1. The van der Waals surface area contributed by atoms with Gasteiger partial charge in [-0.25, -0.2) is 0 Å². The molecule has 0 saturated carbocycles. The molecule has 0 bridgehead atoms. The number of hydrogen-bond acceptors (Lipinski definition) is 4. The third kappa shape index (κ3) is 17.3. The normalized spacial score (nSPS) is 10.8. The Balaban J connectivity index is 3.09. The lowest BCUT2D eigenvalue weighted by Crippen LogP contribution is -2.17. The summed E-state index contributed by atoms with van der Waals surface area (Å²) in [6, 6.07) is 0. The lowest BCUT2D eigenvalue weighted by atomic mass is 10.1. The highest BCUT2D eigenvalue weighted by atomic mass is 16.5. The summed E-state index contributed by atoms with van der Waals surface area (Å²) in [6.07, 6.45) is 11.7. The van der Waals surface area contributed by atoms with Crippen LogP contribution >= 0.6 is 0 Å². The third-order valence-corrected chi connectivity index (χ3v) is 3.51. The zero-order valence-corrected chi connectivity index (χ0v) is 13.9. The van der Waals surface area contributed by atoms with Crippen molar-refractivity contribution in [2.24, 2.45) is 0 Å². The fourth-order valence-electron chi connectivity index (χ4n) is 2.17. The molecule has 0 aromatic rings. The summed E-state index contributed by atoms with van der Waals surface area (Å²) in [7, 11) is 0. The van der Waals surface area contributed by atoms with Crippen LogP contribution in [0.3, 0.4) is 0 Å². The van der Waals surface area contributed by atoms with Crippen LogP contribution in [-0.2, 0) is 9.53 Å². The van der Waals surface area contributed by atoms with Gasteiger partial charge in [0.15, 0.2) is 0 Å². The molecule has 126 valence electrons. The molecule has 0 rings (SSSR count). The van der Waals surface area contributed by atoms with Crippen LogP contribution in [0.2, 0.25) is 0 Å². The van der Waals surface area contributed by atoms with E-state index in [1.807, 2.05) is 0 Å². The first-order valence-electron chi connectivity index (χ1n) is 8.78. The van der Waals surface area contributed by atoms with Crippen molar-refractivity contribution >= 4 is 5.97 Å². The van der Waals surface area contributed by atoms with Crippen molar-refractivity contribution in [2.45, 2.75) is 77.6 Å². The molecule has 0 fully saturated rings. The number of carbonyl (C=O) groups is 1. The Morgan fingerprint density at radius 2 is 1.57 bits per heavy atom. The molecule has 0 aromatic heterocycles. The molecule has 0 aliphatic carbocycles. The lowest BCUT2D eigenvalue weighted by Gasteiger charge is -2.05. The van der Waals surface area contributed by atoms with Gasteiger partial charge in [0.05, 0.1) is 6.61 Å². The Morgan fingerprint density at radius 3 is 2.29 bits per heavy atom. The van der Waals surface area contributed by atoms with Gasteiger partial charge in [-0.2, -0.15) is 0 Å². The first-order chi connectivity index (χ1) is 10.3. The third-order valence-electron chi connectivity index (χ3n) is 3.51. The molecule has 0 saturated heterocycles. The summed E-state index contributed by atoms with van der Waals surface area (Å²) in [5.74, 6) is -0.0285. The van der Waals surface area contributed by atoms with Gasteiger partial charge >= 0.3 is 5.97 Å². The molecule has 0 unspecified atom stereocenters. The molecule has 0 heterocycles. The number of carbonyl (C=O) groups excluding carboxylic acids is 1. The molecular weight excluding hydrogens is 266 g/mol. The molecule has 0 aliphatic heterocycles. The number of esters is 1. The Bertz CT molecular complexity index is 222. The number of nitrogens with one attached hydrogen (secondary N) is 1. The molecule has 0 radical (unpaired) electrons. The van der Waals surface area contributed by atoms with Gasteiger partial charge in [0, 0.05) is 13.0 Å². The molecule has 0 atom stereocenters. The minimum atomic E-state index is -0.0285. The van der Waals surface area contributed by atoms with E-state index in [0.29, 0.717) is 13.0 Å². The van der Waals surface area contributed by atoms with E-state index in [-0.39, 0.29) is 12.6 Å². The smallest absolute Gasteiger partial charge is 0.305 e. The quantitative estimate of drug-likeness (QED) is 0.339. The highest BCUT2D eigenvalue weighted by Gasteiger charge is 2.02. The van der Waals surface area contributed by atoms with E-state index in [1.165, 1.54) is 25.7 Å². The minimum Gasteiger partial charge on any atom is -0.466 e. The van der Waals surface area contributed by atoms with Crippen molar-refractivity contribution in [3.8, 4) is 0 Å². The van der Waals surface area contributed by atoms with Gasteiger partial charge in [-0.05, 0) is 38.8 Å². The Labute approximate surface area is 130 Å². The summed E-state index contributed by atoms with van der Waals surface area (Å²) in [5, 5.41) is 11.9. The number of rotatable bonds is 16. The maximum Gasteiger partial charge on any atom is 0.305 e. The van der Waals surface area contributed by atoms with E-state index >= 15 is 0 Å². The molecule has 21 heavy (non-hydrogen) atoms. The van der Waals surface area contributed by atoms with Crippen molar-refractivity contribution in [3.05, 3.63) is 0 Å². The average Bonchev–Trinajstić information content (AvgIpc) is 2.49. The van der Waals surface area contributed by atoms with Gasteiger partial charge in [0.25, 0.3) is 0 Å². The van der Waals surface area contributed by atoms with E-state index in [9.17, 15) is 4.79 Å². The van der Waals surface area contributed by atoms with Crippen LogP contribution in [0.15, 0.2) is 0 Å². The molecule has 4 heteroatoms. The largest absolute Gasteiger partial charge is 0.466 e. The van der Waals surface area contributed by atoms with Crippen LogP contribution < -0.4 is 5.32 Å². The average molecular weight is 301 g/mol. The molecule has 0 aromatic carbocycles. The van der Waals surface area contributed by atoms with Crippen molar-refractivity contribution in [1.29, 1.82) is 0 Å².